The summed E-state index contributed by atoms with van der Waals surface area (Å²) in [6.45, 7) is 4.48. The maximum Gasteiger partial charge on any atom is 0.416 e. The number of nitriles is 1. The van der Waals surface area contributed by atoms with Crippen LogP contribution in [0.1, 0.15) is 61.8 Å². The van der Waals surface area contributed by atoms with Crippen LogP contribution in [0.15, 0.2) is 182 Å². The van der Waals surface area contributed by atoms with E-state index in [4.69, 9.17) is 0 Å². The second-order valence-corrected chi connectivity index (χ2v) is 22.0. The third kappa shape index (κ3) is 8.36. The minimum atomic E-state index is -4.58. The Morgan fingerprint density at radius 3 is 1.66 bits per heavy atom. The molecule has 0 fully saturated rings. The van der Waals surface area contributed by atoms with Gasteiger partial charge in [0, 0.05) is 63.2 Å². The summed E-state index contributed by atoms with van der Waals surface area (Å²) in [6, 6.07) is 64.9. The lowest BCUT2D eigenvalue weighted by atomic mass is 9.33. The van der Waals surface area contributed by atoms with E-state index in [0.717, 1.165) is 112 Å². The van der Waals surface area contributed by atoms with Crippen LogP contribution >= 0.6 is 45.2 Å². The predicted octanol–water partition coefficient (Wildman–Crippen LogP) is 17.0. The summed E-state index contributed by atoms with van der Waals surface area (Å²) >= 11 is 4.98. The number of hydrogen-bond acceptors (Lipinski definition) is 3. The van der Waals surface area contributed by atoms with Gasteiger partial charge >= 0.3 is 6.18 Å². The first-order chi connectivity index (χ1) is 36.0. The second kappa shape index (κ2) is 19.5. The van der Waals surface area contributed by atoms with Crippen molar-refractivity contribution in [1.82, 2.24) is 4.57 Å². The van der Waals surface area contributed by atoms with Crippen molar-refractivity contribution in [3.63, 3.8) is 0 Å². The Morgan fingerprint density at radius 1 is 0.514 bits per heavy atom. The van der Waals surface area contributed by atoms with Crippen molar-refractivity contribution >= 4 is 124 Å². The zero-order valence-corrected chi connectivity index (χ0v) is 45.1. The topological polar surface area (TPSA) is 35.2 Å². The van der Waals surface area contributed by atoms with Crippen LogP contribution in [0.25, 0.3) is 49.7 Å². The molecule has 10 aromatic rings. The molecule has 4 nitrogen and oxygen atoms in total. The second-order valence-electron chi connectivity index (χ2n) is 19.5. The van der Waals surface area contributed by atoms with Gasteiger partial charge in [0.25, 0.3) is 6.71 Å². The minimum absolute atomic E-state index is 0.0228. The van der Waals surface area contributed by atoms with Crippen LogP contribution < -0.4 is 26.2 Å². The summed E-state index contributed by atoms with van der Waals surface area (Å²) < 4.78 is 46.3. The first-order valence-corrected chi connectivity index (χ1v) is 27.5. The van der Waals surface area contributed by atoms with E-state index in [1.54, 1.807) is 0 Å². The summed E-state index contributed by atoms with van der Waals surface area (Å²) in [5.41, 5.74) is 18.4. The number of anilines is 6. The molecule has 0 spiro atoms. The average Bonchev–Trinajstić information content (AvgIpc) is 3.74. The Balaban J connectivity index is 1.12. The van der Waals surface area contributed by atoms with Gasteiger partial charge in [-0.3, -0.25) is 0 Å². The summed E-state index contributed by atoms with van der Waals surface area (Å²) in [4.78, 5) is 5.02. The number of alkyl halides is 3. The fourth-order valence-corrected chi connectivity index (χ4v) is 13.0. The average molecular weight is 1190 g/mol. The van der Waals surface area contributed by atoms with E-state index in [1.807, 2.05) is 36.4 Å². The molecule has 10 heteroatoms. The highest BCUT2D eigenvalue weighted by atomic mass is 127. The number of aryl methyl sites for hydroxylation is 2. The monoisotopic (exact) mass is 1190 g/mol. The fraction of sp³-hybridized carbons (Fsp3) is 0.141. The molecule has 0 saturated heterocycles. The molecule has 0 unspecified atom stereocenters. The molecule has 0 aliphatic carbocycles. The molecule has 0 N–H and O–H groups in total. The third-order valence-corrected chi connectivity index (χ3v) is 16.1. The van der Waals surface area contributed by atoms with E-state index in [-0.39, 0.29) is 12.3 Å². The molecule has 12 rings (SSSR count). The first-order valence-electron chi connectivity index (χ1n) is 25.3. The van der Waals surface area contributed by atoms with Crippen molar-refractivity contribution in [2.75, 3.05) is 9.80 Å². The molecule has 9 aromatic carbocycles. The molecular formula is C64H48BF3I2N4. The smallest absolute Gasteiger partial charge is 0.311 e. The van der Waals surface area contributed by atoms with E-state index < -0.39 is 11.7 Å². The van der Waals surface area contributed by atoms with Gasteiger partial charge in [0.15, 0.2) is 0 Å². The predicted molar refractivity (Wildman–Crippen MR) is 318 cm³/mol. The number of rotatable bonds is 11. The Labute approximate surface area is 457 Å². The number of fused-ring (bicyclic) bond motifs is 7. The van der Waals surface area contributed by atoms with Gasteiger partial charge < -0.3 is 14.4 Å². The zero-order valence-electron chi connectivity index (χ0n) is 40.8. The molecule has 0 saturated carbocycles. The number of unbranched alkanes of at least 4 members (excludes halogenated alkanes) is 2. The molecule has 74 heavy (non-hydrogen) atoms. The van der Waals surface area contributed by atoms with Crippen molar-refractivity contribution in [1.29, 1.82) is 5.26 Å². The Kier molecular flexibility index (Phi) is 12.7. The highest BCUT2D eigenvalue weighted by Gasteiger charge is 2.43. The van der Waals surface area contributed by atoms with Crippen LogP contribution in [0.2, 0.25) is 0 Å². The van der Waals surface area contributed by atoms with Crippen LogP contribution in [-0.2, 0) is 19.0 Å². The lowest BCUT2D eigenvalue weighted by Crippen LogP contribution is -2.61. The zero-order chi connectivity index (χ0) is 50.8. The van der Waals surface area contributed by atoms with Gasteiger partial charge in [0.05, 0.1) is 33.9 Å². The molecule has 0 bridgehead atoms. The highest BCUT2D eigenvalue weighted by Crippen LogP contribution is 2.48. The molecule has 0 amide bonds. The normalized spacial score (nSPS) is 12.8. The largest absolute Gasteiger partial charge is 0.416 e. The number of para-hydroxylation sites is 4. The van der Waals surface area contributed by atoms with E-state index in [1.165, 1.54) is 52.1 Å². The number of halogens is 5. The molecule has 0 radical (unpaired) electrons. The standard InChI is InChI=1S/C64H48BF3I2N4/c1-3-5-15-40-29-46(69)37-48(31-40)72-59-23-13-9-19-54(59)65-55-20-10-14-24-60(55)73(49-32-41(16-6-4-2)30-47(70)38-49)62-36-43(35-61(72)63(62)65)42-25-28-58-53(34-42)52-18-8-12-22-57(52)74(58)56-21-11-7-17-51(56)50-27-26-45(64(66,67)68)33-44(50)39-71/h7-14,17-38H,3-6,15-16H2,1-2H3. The molecule has 0 atom stereocenters. The van der Waals surface area contributed by atoms with Gasteiger partial charge in [-0.1, -0.05) is 112 Å². The number of benzene rings is 9. The summed E-state index contributed by atoms with van der Waals surface area (Å²) in [5, 5.41) is 12.3. The molecule has 1 aromatic heterocycles. The van der Waals surface area contributed by atoms with Gasteiger partial charge in [-0.15, -0.1) is 0 Å². The molecular weight excluding hydrogens is 1150 g/mol. The van der Waals surface area contributed by atoms with Crippen molar-refractivity contribution in [2.45, 2.75) is 58.5 Å². The van der Waals surface area contributed by atoms with E-state index in [9.17, 15) is 18.4 Å². The van der Waals surface area contributed by atoms with Crippen LogP contribution in [0.4, 0.5) is 47.3 Å². The summed E-state index contributed by atoms with van der Waals surface area (Å²) in [6.07, 6.45) is 1.91. The molecule has 2 aliphatic heterocycles. The molecule has 362 valence electrons. The molecule has 2 aliphatic rings. The van der Waals surface area contributed by atoms with E-state index in [0.29, 0.717) is 11.1 Å². The maximum atomic E-state index is 13.9. The Hall–Kier alpha value is -6.82. The first kappa shape index (κ1) is 48.1. The SMILES string of the molecule is CCCCc1cc(I)cc(N2c3ccccc3B3c4ccccc4N(c4cc(I)cc(CCCC)c4)c4cc(-c5ccc6c(c5)c5ccccc5n6-c5ccccc5-c5ccc(C(F)(F)F)cc5C#N)cc2c43)c1. The van der Waals surface area contributed by atoms with Crippen molar-refractivity contribution in [2.24, 2.45) is 0 Å². The van der Waals surface area contributed by atoms with Crippen molar-refractivity contribution < 1.29 is 13.2 Å². The lowest BCUT2D eigenvalue weighted by molar-refractivity contribution is -0.137. The van der Waals surface area contributed by atoms with Crippen LogP contribution in [0, 0.1) is 18.5 Å². The molecule has 3 heterocycles. The quantitative estimate of drug-likeness (QED) is 0.0956. The van der Waals surface area contributed by atoms with Gasteiger partial charge in [-0.05, 0) is 207 Å². The Bertz CT molecular complexity index is 3780. The lowest BCUT2D eigenvalue weighted by Gasteiger charge is -2.44. The van der Waals surface area contributed by atoms with Crippen LogP contribution in [0.3, 0.4) is 0 Å². The number of nitrogens with zero attached hydrogens (tertiary/aromatic N) is 4. The Morgan fingerprint density at radius 2 is 1.07 bits per heavy atom. The van der Waals surface area contributed by atoms with Gasteiger partial charge in [-0.25, -0.2) is 0 Å². The van der Waals surface area contributed by atoms with Gasteiger partial charge in [-0.2, -0.15) is 18.4 Å². The van der Waals surface area contributed by atoms with Gasteiger partial charge in [0.2, 0.25) is 0 Å². The highest BCUT2D eigenvalue weighted by molar-refractivity contribution is 14.1. The van der Waals surface area contributed by atoms with Crippen molar-refractivity contribution in [3.8, 4) is 34.0 Å². The minimum Gasteiger partial charge on any atom is -0.311 e. The summed E-state index contributed by atoms with van der Waals surface area (Å²) in [7, 11) is 0. The van der Waals surface area contributed by atoms with Gasteiger partial charge in [0.1, 0.15) is 0 Å². The maximum absolute atomic E-state index is 13.9. The van der Waals surface area contributed by atoms with E-state index in [2.05, 4.69) is 207 Å². The third-order valence-electron chi connectivity index (χ3n) is 14.8. The van der Waals surface area contributed by atoms with E-state index >= 15 is 0 Å². The van der Waals surface area contributed by atoms with Crippen LogP contribution in [0.5, 0.6) is 0 Å². The number of aromatic nitrogens is 1. The fourth-order valence-electron chi connectivity index (χ4n) is 11.6. The van der Waals surface area contributed by atoms with Crippen LogP contribution in [-0.4, -0.2) is 11.3 Å². The van der Waals surface area contributed by atoms with Crippen molar-refractivity contribution in [3.05, 3.63) is 211 Å². The number of hydrogen-bond donors (Lipinski definition) is 0. The summed E-state index contributed by atoms with van der Waals surface area (Å²) in [5.74, 6) is 0.